The third-order valence-electron chi connectivity index (χ3n) is 3.03. The number of aromatic amines is 1. The number of nitrogens with one attached hydrogen (secondary N) is 1. The van der Waals surface area contributed by atoms with Gasteiger partial charge in [0.15, 0.2) is 0 Å². The third-order valence-corrected chi connectivity index (χ3v) is 3.24. The van der Waals surface area contributed by atoms with Gasteiger partial charge in [0.05, 0.1) is 11.6 Å². The molecule has 3 rings (SSSR count). The molecule has 1 fully saturated rings. The van der Waals surface area contributed by atoms with Gasteiger partial charge in [0.1, 0.15) is 10.5 Å². The van der Waals surface area contributed by atoms with E-state index in [1.54, 1.807) is 6.07 Å². The second-order valence-corrected chi connectivity index (χ2v) is 4.90. The molecule has 1 N–H and O–H groups in total. The number of nitriles is 1. The normalized spacial score (nSPS) is 14.2. The Bertz CT molecular complexity index is 693. The van der Waals surface area contributed by atoms with Gasteiger partial charge in [0.25, 0.3) is 0 Å². The molecule has 2 aromatic rings. The summed E-state index contributed by atoms with van der Waals surface area (Å²) in [5.41, 5.74) is 2.56. The highest BCUT2D eigenvalue weighted by atomic mass is 32.1. The van der Waals surface area contributed by atoms with Crippen molar-refractivity contribution >= 4 is 12.2 Å². The molecule has 4 heteroatoms. The van der Waals surface area contributed by atoms with Crippen LogP contribution in [0.2, 0.25) is 0 Å². The molecule has 0 radical (unpaired) electrons. The average Bonchev–Trinajstić information content (AvgIpc) is 3.22. The quantitative estimate of drug-likeness (QED) is 0.833. The third kappa shape index (κ3) is 2.18. The number of rotatable bonds is 2. The second-order valence-electron chi connectivity index (χ2n) is 4.49. The summed E-state index contributed by atoms with van der Waals surface area (Å²) in [5, 5.41) is 8.92. The van der Waals surface area contributed by atoms with E-state index >= 15 is 0 Å². The van der Waals surface area contributed by atoms with E-state index in [9.17, 15) is 0 Å². The zero-order valence-electron chi connectivity index (χ0n) is 9.68. The molecule has 1 heterocycles. The molecule has 1 aliphatic rings. The van der Waals surface area contributed by atoms with Crippen molar-refractivity contribution in [1.29, 1.82) is 5.26 Å². The summed E-state index contributed by atoms with van der Waals surface area (Å²) in [6, 6.07) is 11.5. The topological polar surface area (TPSA) is 52.5 Å². The molecule has 0 spiro atoms. The van der Waals surface area contributed by atoms with Gasteiger partial charge in [-0.2, -0.15) is 5.26 Å². The number of hydrogen-bond donors (Lipinski definition) is 1. The van der Waals surface area contributed by atoms with Gasteiger partial charge in [-0.15, -0.1) is 0 Å². The number of hydrogen-bond acceptors (Lipinski definition) is 3. The van der Waals surface area contributed by atoms with Gasteiger partial charge in [-0.05, 0) is 36.6 Å². The lowest BCUT2D eigenvalue weighted by Gasteiger charge is -2.05. The fraction of sp³-hybridized carbons (Fsp3) is 0.214. The van der Waals surface area contributed by atoms with Crippen molar-refractivity contribution in [3.63, 3.8) is 0 Å². The fourth-order valence-corrected chi connectivity index (χ4v) is 2.15. The van der Waals surface area contributed by atoms with Crippen LogP contribution >= 0.6 is 12.2 Å². The number of benzene rings is 1. The van der Waals surface area contributed by atoms with E-state index in [1.165, 1.54) is 12.8 Å². The van der Waals surface area contributed by atoms with Crippen LogP contribution in [0.15, 0.2) is 30.3 Å². The van der Waals surface area contributed by atoms with E-state index < -0.39 is 0 Å². The molecule has 88 valence electrons. The van der Waals surface area contributed by atoms with Crippen LogP contribution in [-0.2, 0) is 0 Å². The van der Waals surface area contributed by atoms with E-state index in [4.69, 9.17) is 17.5 Å². The lowest BCUT2D eigenvalue weighted by molar-refractivity contribution is 0.924. The average molecular weight is 253 g/mol. The Hall–Kier alpha value is -1.99. The largest absolute Gasteiger partial charge is 0.343 e. The molecule has 0 amide bonds. The van der Waals surface area contributed by atoms with Gasteiger partial charge in [-0.25, -0.2) is 4.98 Å². The predicted molar refractivity (Wildman–Crippen MR) is 71.5 cm³/mol. The summed E-state index contributed by atoms with van der Waals surface area (Å²) in [5.74, 6) is 1.51. The molecule has 1 aliphatic carbocycles. The Kier molecular flexibility index (Phi) is 2.69. The smallest absolute Gasteiger partial charge is 0.130 e. The fourth-order valence-electron chi connectivity index (χ4n) is 1.94. The van der Waals surface area contributed by atoms with Crippen molar-refractivity contribution in [1.82, 2.24) is 9.97 Å². The zero-order chi connectivity index (χ0) is 12.5. The summed E-state index contributed by atoms with van der Waals surface area (Å²) in [6.07, 6.45) is 2.36. The van der Waals surface area contributed by atoms with Crippen LogP contribution in [0.5, 0.6) is 0 Å². The maximum absolute atomic E-state index is 8.92. The van der Waals surface area contributed by atoms with Gasteiger partial charge in [0.2, 0.25) is 0 Å². The summed E-state index contributed by atoms with van der Waals surface area (Å²) in [4.78, 5) is 7.69. The maximum Gasteiger partial charge on any atom is 0.130 e. The van der Waals surface area contributed by atoms with Gasteiger partial charge in [0, 0.05) is 11.6 Å². The molecular formula is C14H11N3S. The molecule has 3 nitrogen and oxygen atoms in total. The number of aromatic nitrogens is 2. The SMILES string of the molecule is N#Cc1cccc(-c2cc(=S)nc(C3CC3)[nH]2)c1. The van der Waals surface area contributed by atoms with Crippen molar-refractivity contribution in [2.75, 3.05) is 0 Å². The highest BCUT2D eigenvalue weighted by molar-refractivity contribution is 7.71. The minimum atomic E-state index is 0.533. The second kappa shape index (κ2) is 4.35. The number of nitrogens with zero attached hydrogens (tertiary/aromatic N) is 2. The minimum absolute atomic E-state index is 0.533. The number of H-pyrrole nitrogens is 1. The molecule has 0 aliphatic heterocycles. The summed E-state index contributed by atoms with van der Waals surface area (Å²) in [7, 11) is 0. The summed E-state index contributed by atoms with van der Waals surface area (Å²) >= 11 is 5.20. The standard InChI is InChI=1S/C14H11N3S/c15-8-9-2-1-3-11(6-9)12-7-13(18)17-14(16-12)10-4-5-10/h1-3,6-7,10H,4-5H2,(H,16,17,18). The van der Waals surface area contributed by atoms with Crippen molar-refractivity contribution in [3.05, 3.63) is 46.4 Å². The van der Waals surface area contributed by atoms with Crippen LogP contribution in [-0.4, -0.2) is 9.97 Å². The first-order chi connectivity index (χ1) is 8.76. The zero-order valence-corrected chi connectivity index (χ0v) is 10.5. The Labute approximate surface area is 110 Å². The van der Waals surface area contributed by atoms with Crippen LogP contribution in [0.1, 0.15) is 30.1 Å². The molecule has 1 saturated carbocycles. The first-order valence-corrected chi connectivity index (χ1v) is 6.29. The maximum atomic E-state index is 8.92. The van der Waals surface area contributed by atoms with Crippen molar-refractivity contribution in [3.8, 4) is 17.3 Å². The molecule has 0 bridgehead atoms. The lowest BCUT2D eigenvalue weighted by Crippen LogP contribution is -1.95. The highest BCUT2D eigenvalue weighted by Gasteiger charge is 2.26. The lowest BCUT2D eigenvalue weighted by atomic mass is 10.1. The van der Waals surface area contributed by atoms with Gasteiger partial charge < -0.3 is 4.98 Å². The van der Waals surface area contributed by atoms with Crippen molar-refractivity contribution in [2.24, 2.45) is 0 Å². The summed E-state index contributed by atoms with van der Waals surface area (Å²) in [6.45, 7) is 0. The Morgan fingerprint density at radius 2 is 2.17 bits per heavy atom. The molecule has 18 heavy (non-hydrogen) atoms. The predicted octanol–water partition coefficient (Wildman–Crippen LogP) is 3.56. The van der Waals surface area contributed by atoms with E-state index in [1.807, 2.05) is 24.3 Å². The molecule has 0 atom stereocenters. The first kappa shape index (κ1) is 11.1. The van der Waals surface area contributed by atoms with Gasteiger partial charge in [-0.1, -0.05) is 24.4 Å². The molecule has 1 aromatic heterocycles. The Morgan fingerprint density at radius 3 is 2.89 bits per heavy atom. The van der Waals surface area contributed by atoms with Crippen LogP contribution in [0, 0.1) is 16.0 Å². The van der Waals surface area contributed by atoms with Crippen molar-refractivity contribution in [2.45, 2.75) is 18.8 Å². The van der Waals surface area contributed by atoms with Crippen LogP contribution in [0.3, 0.4) is 0 Å². The highest BCUT2D eigenvalue weighted by Crippen LogP contribution is 2.38. The van der Waals surface area contributed by atoms with Crippen LogP contribution < -0.4 is 0 Å². The van der Waals surface area contributed by atoms with Crippen LogP contribution in [0.25, 0.3) is 11.3 Å². The molecular weight excluding hydrogens is 242 g/mol. The van der Waals surface area contributed by atoms with E-state index in [-0.39, 0.29) is 0 Å². The van der Waals surface area contributed by atoms with E-state index in [0.29, 0.717) is 16.1 Å². The van der Waals surface area contributed by atoms with Gasteiger partial charge >= 0.3 is 0 Å². The monoisotopic (exact) mass is 253 g/mol. The van der Waals surface area contributed by atoms with Crippen molar-refractivity contribution < 1.29 is 0 Å². The van der Waals surface area contributed by atoms with Crippen LogP contribution in [0.4, 0.5) is 0 Å². The minimum Gasteiger partial charge on any atom is -0.343 e. The molecule has 0 saturated heterocycles. The van der Waals surface area contributed by atoms with Gasteiger partial charge in [-0.3, -0.25) is 0 Å². The Balaban J connectivity index is 2.10. The van der Waals surface area contributed by atoms with E-state index in [2.05, 4.69) is 16.0 Å². The molecule has 0 unspecified atom stereocenters. The molecule has 1 aromatic carbocycles. The first-order valence-electron chi connectivity index (χ1n) is 5.88. The Morgan fingerprint density at radius 1 is 1.33 bits per heavy atom. The summed E-state index contributed by atoms with van der Waals surface area (Å²) < 4.78 is 0.605. The van der Waals surface area contributed by atoms with E-state index in [0.717, 1.165) is 17.1 Å².